The van der Waals surface area contributed by atoms with Crippen molar-refractivity contribution in [2.24, 2.45) is 0 Å². The van der Waals surface area contributed by atoms with Gasteiger partial charge in [0, 0.05) is 90.4 Å². The molecule has 24 nitrogen and oxygen atoms in total. The van der Waals surface area contributed by atoms with Crippen LogP contribution >= 0.6 is 47.8 Å². The molecule has 0 atom stereocenters. The Morgan fingerprint density at radius 3 is 1.77 bits per heavy atom. The number of nitrogens with one attached hydrogen (secondary N) is 2. The van der Waals surface area contributed by atoms with Crippen LogP contribution in [0.25, 0.3) is 16.6 Å². The van der Waals surface area contributed by atoms with Gasteiger partial charge in [-0.05, 0) is 53.9 Å². The summed E-state index contributed by atoms with van der Waals surface area (Å²) in [5.74, 6) is 1.35. The van der Waals surface area contributed by atoms with Crippen LogP contribution in [0.3, 0.4) is 0 Å². The number of fused-ring (bicyclic) bond motifs is 3. The molecule has 3 saturated heterocycles. The van der Waals surface area contributed by atoms with Crippen molar-refractivity contribution in [1.82, 2.24) is 74.0 Å². The zero-order valence-electron chi connectivity index (χ0n) is 36.5. The van der Waals surface area contributed by atoms with E-state index < -0.39 is 0 Å². The topological polar surface area (TPSA) is 285 Å². The Balaban J connectivity index is 0.000000157. The van der Waals surface area contributed by atoms with Gasteiger partial charge in [0.05, 0.1) is 66.5 Å². The van der Waals surface area contributed by atoms with Gasteiger partial charge >= 0.3 is 0 Å². The fourth-order valence-electron chi connectivity index (χ4n) is 7.88. The zero-order valence-corrected chi connectivity index (χ0v) is 41.3. The number of rotatable bonds is 12. The summed E-state index contributed by atoms with van der Waals surface area (Å²) in [4.78, 5) is 55.8. The maximum absolute atomic E-state index is 12.8. The molecule has 9 rings (SSSR count). The number of carbonyl (C=O) groups is 3. The molecule has 27 heteroatoms. The van der Waals surface area contributed by atoms with E-state index in [2.05, 4.69) is 98.5 Å². The number of nitrogens with zero attached hydrogens (tertiary/aromatic N) is 13. The van der Waals surface area contributed by atoms with Gasteiger partial charge in [-0.3, -0.25) is 29.1 Å². The summed E-state index contributed by atoms with van der Waals surface area (Å²) in [5, 5.41) is 18.4. The normalized spacial score (nSPS) is 16.3. The third kappa shape index (κ3) is 10.8. The second kappa shape index (κ2) is 22.1. The molecule has 0 bridgehead atoms. The lowest BCUT2D eigenvalue weighted by molar-refractivity contribution is -0.140. The molecule has 0 spiro atoms. The first kappa shape index (κ1) is 48.8. The second-order valence-electron chi connectivity index (χ2n) is 15.5. The summed E-state index contributed by atoms with van der Waals surface area (Å²) >= 11 is 10.5. The van der Waals surface area contributed by atoms with Crippen molar-refractivity contribution >= 4 is 99.5 Å². The molecule has 0 unspecified atom stereocenters. The molecule has 6 aromatic rings. The van der Waals surface area contributed by atoms with Crippen LogP contribution in [-0.2, 0) is 61.5 Å². The van der Waals surface area contributed by atoms with Crippen molar-refractivity contribution in [3.8, 4) is 0 Å². The first-order valence-electron chi connectivity index (χ1n) is 20.6. The lowest BCUT2D eigenvalue weighted by Crippen LogP contribution is -2.56. The van der Waals surface area contributed by atoms with Crippen LogP contribution in [0.1, 0.15) is 28.1 Å². The highest BCUT2D eigenvalue weighted by molar-refractivity contribution is 9.11. The molecule has 0 aliphatic carbocycles. The van der Waals surface area contributed by atoms with Crippen LogP contribution < -0.4 is 27.8 Å². The molecule has 0 aromatic carbocycles. The average molecular weight is 1110 g/mol. The predicted molar refractivity (Wildman–Crippen MR) is 252 cm³/mol. The number of nitrogen functional groups attached to an aromatic ring is 3. The Kier molecular flexibility index (Phi) is 16.3. The molecule has 9 heterocycles. The Bertz CT molecular complexity index is 2710. The van der Waals surface area contributed by atoms with E-state index in [-0.39, 0.29) is 17.7 Å². The van der Waals surface area contributed by atoms with Crippen molar-refractivity contribution in [3.63, 3.8) is 0 Å². The first-order chi connectivity index (χ1) is 31.8. The largest absolute Gasteiger partial charge is 0.382 e. The van der Waals surface area contributed by atoms with Gasteiger partial charge in [0.15, 0.2) is 17.5 Å². The Morgan fingerprint density at radius 1 is 0.621 bits per heavy atom. The van der Waals surface area contributed by atoms with Crippen molar-refractivity contribution in [1.29, 1.82) is 0 Å². The van der Waals surface area contributed by atoms with E-state index in [0.717, 1.165) is 72.3 Å². The molecule has 3 fully saturated rings. The molecule has 354 valence electrons. The molecule has 0 radical (unpaired) electrons. The molecule has 6 aromatic heterocycles. The number of anilines is 3. The average Bonchev–Trinajstić information content (AvgIpc) is 3.86. The summed E-state index contributed by atoms with van der Waals surface area (Å²) in [5.41, 5.74) is 24.8. The standard InChI is InChI=1S/C18H25BrN8O3.C13H18N6O2.C8H8Br2N4O/c1-30-9-12-13(27-17(16(12)19)18(20)22-10-23-27)6-24-4-5-26(15(29)8-24)11-25-3-2-21-14(28)7-25;1-21-7-9-4-10-13(14)16-8-17-19(10)11(9)5-18-3-2-15-12(20)6-18;1-15-2-4-5(9)6-8(11)12-3-13-14(6)7(4)10/h10H,2-9,11H2,1H3,(H,21,28)(H2,20,22,23);4,8H,2-3,5-7H2,1H3,(H,15,20)(H2,14,16,17);3H,2H2,1H3,(H2,11,12,13). The number of piperazine rings is 3. The lowest BCUT2D eigenvalue weighted by Gasteiger charge is -2.38. The van der Waals surface area contributed by atoms with E-state index in [1.54, 1.807) is 34.9 Å². The van der Waals surface area contributed by atoms with Gasteiger partial charge in [-0.15, -0.1) is 0 Å². The van der Waals surface area contributed by atoms with Gasteiger partial charge < -0.3 is 46.9 Å². The van der Waals surface area contributed by atoms with Crippen LogP contribution in [0.2, 0.25) is 0 Å². The molecule has 3 aliphatic heterocycles. The number of aromatic nitrogens is 9. The van der Waals surface area contributed by atoms with Gasteiger partial charge in [-0.2, -0.15) is 15.3 Å². The minimum atomic E-state index is 0.00459. The molecule has 8 N–H and O–H groups in total. The smallest absolute Gasteiger partial charge is 0.237 e. The fraction of sp³-hybridized carbons (Fsp3) is 0.462. The van der Waals surface area contributed by atoms with Crippen LogP contribution in [0, 0.1) is 0 Å². The summed E-state index contributed by atoms with van der Waals surface area (Å²) in [6.07, 6.45) is 4.27. The minimum absolute atomic E-state index is 0.00459. The third-order valence-corrected chi connectivity index (χ3v) is 13.6. The van der Waals surface area contributed by atoms with E-state index in [9.17, 15) is 14.4 Å². The van der Waals surface area contributed by atoms with Crippen molar-refractivity contribution < 1.29 is 28.6 Å². The number of hydrogen-bond acceptors (Lipinski definition) is 18. The highest BCUT2D eigenvalue weighted by atomic mass is 79.9. The van der Waals surface area contributed by atoms with E-state index in [1.165, 1.54) is 19.0 Å². The number of carbonyl (C=O) groups excluding carboxylic acids is 3. The summed E-state index contributed by atoms with van der Waals surface area (Å²) in [7, 11) is 4.92. The number of hydrogen-bond donors (Lipinski definition) is 5. The maximum atomic E-state index is 12.8. The number of nitrogens with two attached hydrogens (primary N) is 3. The summed E-state index contributed by atoms with van der Waals surface area (Å²) < 4.78 is 23.4. The van der Waals surface area contributed by atoms with E-state index in [4.69, 9.17) is 31.4 Å². The molecular formula is C39H51Br3N18O6. The van der Waals surface area contributed by atoms with Gasteiger partial charge in [0.25, 0.3) is 0 Å². The highest BCUT2D eigenvalue weighted by Crippen LogP contribution is 2.35. The van der Waals surface area contributed by atoms with Crippen LogP contribution in [-0.4, -0.2) is 168 Å². The number of halogens is 3. The van der Waals surface area contributed by atoms with E-state index in [1.807, 2.05) is 15.9 Å². The van der Waals surface area contributed by atoms with Gasteiger partial charge in [-0.25, -0.2) is 28.5 Å². The van der Waals surface area contributed by atoms with Crippen LogP contribution in [0.5, 0.6) is 0 Å². The Hall–Kier alpha value is -5.13. The number of methoxy groups -OCH3 is 3. The van der Waals surface area contributed by atoms with Crippen molar-refractivity contribution in [2.75, 3.05) is 104 Å². The molecule has 0 saturated carbocycles. The van der Waals surface area contributed by atoms with Gasteiger partial charge in [-0.1, -0.05) is 0 Å². The third-order valence-electron chi connectivity index (χ3n) is 11.0. The van der Waals surface area contributed by atoms with E-state index >= 15 is 0 Å². The quantitative estimate of drug-likeness (QED) is 0.112. The van der Waals surface area contributed by atoms with Crippen LogP contribution in [0.15, 0.2) is 38.6 Å². The lowest BCUT2D eigenvalue weighted by atomic mass is 10.2. The second-order valence-corrected chi connectivity index (χ2v) is 17.8. The minimum Gasteiger partial charge on any atom is -0.382 e. The summed E-state index contributed by atoms with van der Waals surface area (Å²) in [6.45, 7) is 8.19. The number of amides is 3. The highest BCUT2D eigenvalue weighted by Gasteiger charge is 2.30. The van der Waals surface area contributed by atoms with Crippen molar-refractivity contribution in [3.05, 3.63) is 66.7 Å². The molecule has 3 amide bonds. The van der Waals surface area contributed by atoms with Crippen LogP contribution in [0.4, 0.5) is 17.5 Å². The predicted octanol–water partition coefficient (Wildman–Crippen LogP) is 0.627. The Morgan fingerprint density at radius 2 is 1.15 bits per heavy atom. The Labute approximate surface area is 403 Å². The zero-order chi connectivity index (χ0) is 47.1. The summed E-state index contributed by atoms with van der Waals surface area (Å²) in [6, 6.07) is 1.94. The SMILES string of the molecule is COCc1c(Br)c2c(N)ncnn2c1Br.COCc1c(Br)c2c(N)ncnn2c1CN1CCN(CN2CCNC(=O)C2)C(=O)C1.COCc1cc2c(N)ncnn2c1CN1CCNC(=O)C1. The molecular weight excluding hydrogens is 1060 g/mol. The van der Waals surface area contributed by atoms with Crippen molar-refractivity contribution in [2.45, 2.75) is 32.9 Å². The van der Waals surface area contributed by atoms with Gasteiger partial charge in [0.2, 0.25) is 17.7 Å². The fourth-order valence-corrected chi connectivity index (χ4v) is 10.1. The first-order valence-corrected chi connectivity index (χ1v) is 23.0. The molecule has 66 heavy (non-hydrogen) atoms. The number of ether oxygens (including phenoxy) is 3. The molecule has 3 aliphatic rings. The van der Waals surface area contributed by atoms with Gasteiger partial charge in [0.1, 0.15) is 40.1 Å². The monoisotopic (exact) mass is 1100 g/mol. The van der Waals surface area contributed by atoms with E-state index in [0.29, 0.717) is 102 Å². The maximum Gasteiger partial charge on any atom is 0.237 e.